The third-order valence-corrected chi connectivity index (χ3v) is 11.2. The zero-order chi connectivity index (χ0) is 33.2. The number of likely N-dealkylation sites (N-methyl/N-ethyl adjacent to an activating group) is 1. The fourth-order valence-corrected chi connectivity index (χ4v) is 8.24. The van der Waals surface area contributed by atoms with Crippen molar-refractivity contribution in [3.8, 4) is 0 Å². The molecule has 4 aliphatic heterocycles. The number of carbonyl (C=O) groups excluding carboxylic acids is 3. The van der Waals surface area contributed by atoms with E-state index in [1.54, 1.807) is 0 Å². The minimum Gasteiger partial charge on any atom is -0.343 e. The Hall–Kier alpha value is -4.03. The molecule has 7 rings (SSSR count). The van der Waals surface area contributed by atoms with Gasteiger partial charge in [0.2, 0.25) is 11.8 Å². The molecule has 0 saturated carbocycles. The molecule has 1 aromatic heterocycles. The van der Waals surface area contributed by atoms with Gasteiger partial charge < -0.3 is 24.9 Å². The molecule has 0 spiro atoms. The summed E-state index contributed by atoms with van der Waals surface area (Å²) >= 11 is 0. The normalized spacial score (nSPS) is 21.2. The number of urea groups is 1. The zero-order valence-electron chi connectivity index (χ0n) is 28.4. The Kier molecular flexibility index (Phi) is 9.63. The SMILES string of the molecule is Cc1cc(CC(CC(=O)N2CCC(N3CCc4ccccc4NC3=O)CC2)C(=O)N2CCC(N3CCN(C)CC3)CC2)cc2n[nH]nc12. The highest BCUT2D eigenvalue weighted by molar-refractivity contribution is 5.91. The van der Waals surface area contributed by atoms with E-state index in [4.69, 9.17) is 0 Å². The van der Waals surface area contributed by atoms with E-state index >= 15 is 0 Å². The quantitative estimate of drug-likeness (QED) is 0.401. The molecule has 0 radical (unpaired) electrons. The van der Waals surface area contributed by atoms with Crippen molar-refractivity contribution in [3.63, 3.8) is 0 Å². The second-order valence-electron chi connectivity index (χ2n) is 14.2. The van der Waals surface area contributed by atoms with Crippen LogP contribution in [0, 0.1) is 12.8 Å². The van der Waals surface area contributed by atoms with Crippen molar-refractivity contribution in [2.75, 3.05) is 71.3 Å². The predicted molar refractivity (Wildman–Crippen MR) is 185 cm³/mol. The molecule has 2 aromatic carbocycles. The maximum atomic E-state index is 14.2. The van der Waals surface area contributed by atoms with Crippen LogP contribution < -0.4 is 5.32 Å². The number of nitrogens with one attached hydrogen (secondary N) is 2. The molecule has 4 aliphatic rings. The number of amides is 4. The number of para-hydroxylation sites is 1. The number of piperidine rings is 2. The van der Waals surface area contributed by atoms with Crippen LogP contribution in [-0.2, 0) is 22.4 Å². The van der Waals surface area contributed by atoms with Gasteiger partial charge in [0.25, 0.3) is 0 Å². The summed E-state index contributed by atoms with van der Waals surface area (Å²) in [6.07, 6.45) is 4.89. The summed E-state index contributed by atoms with van der Waals surface area (Å²) in [6, 6.07) is 12.6. The van der Waals surface area contributed by atoms with Gasteiger partial charge in [-0.05, 0) is 81.3 Å². The summed E-state index contributed by atoms with van der Waals surface area (Å²) in [5, 5.41) is 14.3. The van der Waals surface area contributed by atoms with E-state index in [1.165, 1.54) is 0 Å². The first-order valence-electron chi connectivity index (χ1n) is 17.8. The third-order valence-electron chi connectivity index (χ3n) is 11.2. The fourth-order valence-electron chi connectivity index (χ4n) is 8.24. The molecule has 0 aliphatic carbocycles. The van der Waals surface area contributed by atoms with E-state index in [0.717, 1.165) is 105 Å². The van der Waals surface area contributed by atoms with E-state index in [-0.39, 0.29) is 30.3 Å². The molecule has 1 atom stereocenters. The molecule has 5 heterocycles. The minimum atomic E-state index is -0.450. The Morgan fingerprint density at radius 3 is 2.35 bits per heavy atom. The molecule has 12 nitrogen and oxygen atoms in total. The lowest BCUT2D eigenvalue weighted by atomic mass is 9.91. The van der Waals surface area contributed by atoms with Crippen LogP contribution >= 0.6 is 0 Å². The van der Waals surface area contributed by atoms with Gasteiger partial charge in [0.1, 0.15) is 11.0 Å². The molecule has 1 unspecified atom stereocenters. The third kappa shape index (κ3) is 7.05. The van der Waals surface area contributed by atoms with Crippen LogP contribution in [0.1, 0.15) is 48.8 Å². The van der Waals surface area contributed by atoms with E-state index < -0.39 is 5.92 Å². The van der Waals surface area contributed by atoms with Crippen molar-refractivity contribution in [1.82, 2.24) is 39.9 Å². The molecular formula is C36H49N9O3. The number of rotatable bonds is 7. The van der Waals surface area contributed by atoms with E-state index in [1.807, 2.05) is 45.9 Å². The van der Waals surface area contributed by atoms with Crippen LogP contribution in [0.25, 0.3) is 11.0 Å². The number of carbonyl (C=O) groups is 3. The number of anilines is 1. The Morgan fingerprint density at radius 2 is 1.58 bits per heavy atom. The number of H-pyrrole nitrogens is 1. The van der Waals surface area contributed by atoms with E-state index in [2.05, 4.69) is 49.7 Å². The van der Waals surface area contributed by atoms with Crippen molar-refractivity contribution in [1.29, 1.82) is 0 Å². The van der Waals surface area contributed by atoms with Crippen LogP contribution in [0.5, 0.6) is 0 Å². The first kappa shape index (κ1) is 32.5. The molecule has 12 heteroatoms. The van der Waals surface area contributed by atoms with Gasteiger partial charge in [0, 0.05) is 83.1 Å². The highest BCUT2D eigenvalue weighted by Crippen LogP contribution is 2.28. The topological polar surface area (TPSA) is 121 Å². The smallest absolute Gasteiger partial charge is 0.322 e. The monoisotopic (exact) mass is 655 g/mol. The lowest BCUT2D eigenvalue weighted by Crippen LogP contribution is -2.53. The standard InChI is InChI=1S/C36H49N9O3/c1-25-21-26(23-32-34(25)39-40-38-32)22-28(35(47)44-14-8-29(9-15-44)42-19-17-41(2)18-20-42)24-33(46)43-12-10-30(11-13-43)45-16-7-27-5-3-4-6-31(27)37-36(45)48/h3-6,21,23,28-30H,7-20,22,24H2,1-2H3,(H,37,48)(H,38,39,40). The Bertz CT molecular complexity index is 1620. The van der Waals surface area contributed by atoms with E-state index in [0.29, 0.717) is 32.1 Å². The molecular weight excluding hydrogens is 606 g/mol. The number of fused-ring (bicyclic) bond motifs is 2. The first-order chi connectivity index (χ1) is 23.3. The number of aryl methyl sites for hydroxylation is 1. The average molecular weight is 656 g/mol. The van der Waals surface area contributed by atoms with Crippen molar-refractivity contribution < 1.29 is 14.4 Å². The number of benzene rings is 2. The highest BCUT2D eigenvalue weighted by atomic mass is 16.2. The average Bonchev–Trinajstić information content (AvgIpc) is 3.52. The first-order valence-corrected chi connectivity index (χ1v) is 17.8. The van der Waals surface area contributed by atoms with Crippen LogP contribution in [0.2, 0.25) is 0 Å². The van der Waals surface area contributed by atoms with Crippen LogP contribution in [-0.4, -0.2) is 136 Å². The maximum absolute atomic E-state index is 14.2. The molecule has 48 heavy (non-hydrogen) atoms. The van der Waals surface area contributed by atoms with Gasteiger partial charge in [0.05, 0.1) is 5.92 Å². The largest absolute Gasteiger partial charge is 0.343 e. The van der Waals surface area contributed by atoms with Gasteiger partial charge in [-0.25, -0.2) is 4.79 Å². The number of hydrogen-bond acceptors (Lipinski definition) is 7. The Morgan fingerprint density at radius 1 is 0.875 bits per heavy atom. The lowest BCUT2D eigenvalue weighted by molar-refractivity contribution is -0.143. The molecule has 3 fully saturated rings. The Labute approximate surface area is 282 Å². The number of aromatic amines is 1. The van der Waals surface area contributed by atoms with Gasteiger partial charge in [-0.1, -0.05) is 24.3 Å². The summed E-state index contributed by atoms with van der Waals surface area (Å²) in [7, 11) is 2.18. The van der Waals surface area contributed by atoms with Crippen molar-refractivity contribution >= 4 is 34.6 Å². The second-order valence-corrected chi connectivity index (χ2v) is 14.2. The summed E-state index contributed by atoms with van der Waals surface area (Å²) in [5.74, 6) is -0.353. The zero-order valence-corrected chi connectivity index (χ0v) is 28.4. The number of piperazine rings is 1. The van der Waals surface area contributed by atoms with Crippen LogP contribution in [0.4, 0.5) is 10.5 Å². The van der Waals surface area contributed by atoms with Gasteiger partial charge in [0.15, 0.2) is 0 Å². The summed E-state index contributed by atoms with van der Waals surface area (Å²) in [5.41, 5.74) is 5.64. The molecule has 256 valence electrons. The molecule has 3 aromatic rings. The number of nitrogens with zero attached hydrogens (tertiary/aromatic N) is 7. The summed E-state index contributed by atoms with van der Waals surface area (Å²) < 4.78 is 0. The fraction of sp³-hybridized carbons (Fsp3) is 0.583. The highest BCUT2D eigenvalue weighted by Gasteiger charge is 2.35. The van der Waals surface area contributed by atoms with Gasteiger partial charge in [-0.2, -0.15) is 15.4 Å². The molecule has 2 N–H and O–H groups in total. The number of hydrogen-bond donors (Lipinski definition) is 2. The predicted octanol–water partition coefficient (Wildman–Crippen LogP) is 3.13. The maximum Gasteiger partial charge on any atom is 0.322 e. The van der Waals surface area contributed by atoms with Crippen molar-refractivity contribution in [2.45, 2.75) is 64.0 Å². The van der Waals surface area contributed by atoms with Gasteiger partial charge in [-0.3, -0.25) is 14.5 Å². The van der Waals surface area contributed by atoms with Crippen molar-refractivity contribution in [2.24, 2.45) is 5.92 Å². The minimum absolute atomic E-state index is 0.0195. The lowest BCUT2D eigenvalue weighted by Gasteiger charge is -2.42. The number of aromatic nitrogens is 3. The van der Waals surface area contributed by atoms with Crippen LogP contribution in [0.3, 0.4) is 0 Å². The van der Waals surface area contributed by atoms with E-state index in [9.17, 15) is 14.4 Å². The van der Waals surface area contributed by atoms with Crippen LogP contribution in [0.15, 0.2) is 36.4 Å². The van der Waals surface area contributed by atoms with Gasteiger partial charge >= 0.3 is 6.03 Å². The number of likely N-dealkylation sites (tertiary alicyclic amines) is 2. The van der Waals surface area contributed by atoms with Crippen molar-refractivity contribution in [3.05, 3.63) is 53.1 Å². The second kappa shape index (κ2) is 14.2. The summed E-state index contributed by atoms with van der Waals surface area (Å²) in [4.78, 5) is 52.1. The summed E-state index contributed by atoms with van der Waals surface area (Å²) in [6.45, 7) is 9.66. The molecule has 3 saturated heterocycles. The molecule has 0 bridgehead atoms. The Balaban J connectivity index is 0.996. The molecule has 4 amide bonds. The van der Waals surface area contributed by atoms with Gasteiger partial charge in [-0.15, -0.1) is 0 Å².